The maximum absolute atomic E-state index is 12.4. The van der Waals surface area contributed by atoms with Gasteiger partial charge in [-0.15, -0.1) is 0 Å². The molecule has 1 atom stereocenters. The van der Waals surface area contributed by atoms with Crippen molar-refractivity contribution in [2.45, 2.75) is 32.6 Å². The fraction of sp³-hybridized carbons (Fsp3) is 0.588. The van der Waals surface area contributed by atoms with Crippen LogP contribution in [0.2, 0.25) is 0 Å². The number of benzene rings is 1. The normalized spacial score (nSPS) is 17.9. The smallest absolute Gasteiger partial charge is 0.166 e. The number of aliphatic hydroxyl groups is 1. The van der Waals surface area contributed by atoms with Crippen LogP contribution in [0.25, 0.3) is 0 Å². The van der Waals surface area contributed by atoms with Gasteiger partial charge in [0.15, 0.2) is 5.78 Å². The largest absolute Gasteiger partial charge is 0.396 e. The van der Waals surface area contributed by atoms with Crippen LogP contribution >= 0.6 is 0 Å². The van der Waals surface area contributed by atoms with Gasteiger partial charge in [0.05, 0.1) is 0 Å². The molecule has 0 radical (unpaired) electrons. The van der Waals surface area contributed by atoms with Gasteiger partial charge in [-0.1, -0.05) is 37.6 Å². The molecule has 0 bridgehead atoms. The predicted molar refractivity (Wildman–Crippen MR) is 81.0 cm³/mol. The minimum atomic E-state index is 0.0526. The summed E-state index contributed by atoms with van der Waals surface area (Å²) < 4.78 is 0. The number of aliphatic hydroxyl groups excluding tert-OH is 1. The van der Waals surface area contributed by atoms with Crippen LogP contribution in [-0.2, 0) is 6.42 Å². The molecule has 3 heteroatoms. The third kappa shape index (κ3) is 4.15. The van der Waals surface area contributed by atoms with Gasteiger partial charge >= 0.3 is 0 Å². The summed E-state index contributed by atoms with van der Waals surface area (Å²) in [6.07, 6.45) is 4.50. The molecule has 0 aromatic heterocycles. The zero-order chi connectivity index (χ0) is 14.4. The molecule has 1 heterocycles. The van der Waals surface area contributed by atoms with E-state index in [0.717, 1.165) is 30.8 Å². The van der Waals surface area contributed by atoms with E-state index in [2.05, 4.69) is 4.90 Å². The second-order valence-electron chi connectivity index (χ2n) is 5.80. The van der Waals surface area contributed by atoms with Crippen LogP contribution in [0, 0.1) is 5.92 Å². The van der Waals surface area contributed by atoms with Gasteiger partial charge in [-0.2, -0.15) is 0 Å². The van der Waals surface area contributed by atoms with Gasteiger partial charge in [-0.3, -0.25) is 4.79 Å². The fourth-order valence-corrected chi connectivity index (χ4v) is 2.86. The number of carbonyl (C=O) groups excluding carboxylic acids is 1. The zero-order valence-electron chi connectivity index (χ0n) is 12.3. The van der Waals surface area contributed by atoms with E-state index in [1.807, 2.05) is 31.2 Å². The highest BCUT2D eigenvalue weighted by Crippen LogP contribution is 2.15. The molecule has 3 nitrogen and oxygen atoms in total. The SMILES string of the molecule is CC(CN1CCCCC1)C(=O)c1ccc(CCO)cc1. The Hall–Kier alpha value is -1.19. The molecule has 0 amide bonds. The molecule has 1 fully saturated rings. The summed E-state index contributed by atoms with van der Waals surface area (Å²) in [6, 6.07) is 7.66. The molecule has 1 aliphatic rings. The van der Waals surface area contributed by atoms with Gasteiger partial charge in [0, 0.05) is 24.6 Å². The first-order valence-corrected chi connectivity index (χ1v) is 7.67. The van der Waals surface area contributed by atoms with E-state index in [1.165, 1.54) is 19.3 Å². The average molecular weight is 275 g/mol. The Morgan fingerprint density at radius 2 is 1.85 bits per heavy atom. The van der Waals surface area contributed by atoms with Gasteiger partial charge in [-0.05, 0) is 37.9 Å². The second kappa shape index (κ2) is 7.55. The van der Waals surface area contributed by atoms with Crippen LogP contribution in [0.1, 0.15) is 42.1 Å². The van der Waals surface area contributed by atoms with Crippen LogP contribution in [0.5, 0.6) is 0 Å². The Morgan fingerprint density at radius 1 is 1.20 bits per heavy atom. The number of Topliss-reactive ketones (excluding diaryl/α,β-unsaturated/α-hetero) is 1. The van der Waals surface area contributed by atoms with Gasteiger partial charge in [-0.25, -0.2) is 0 Å². The van der Waals surface area contributed by atoms with Crippen molar-refractivity contribution in [3.8, 4) is 0 Å². The van der Waals surface area contributed by atoms with Crippen molar-refractivity contribution in [1.29, 1.82) is 0 Å². The molecule has 110 valence electrons. The highest BCUT2D eigenvalue weighted by molar-refractivity contribution is 5.97. The molecule has 1 aromatic rings. The number of ketones is 1. The molecule has 1 N–H and O–H groups in total. The van der Waals surface area contributed by atoms with Crippen molar-refractivity contribution in [3.05, 3.63) is 35.4 Å². The number of likely N-dealkylation sites (tertiary alicyclic amines) is 1. The summed E-state index contributed by atoms with van der Waals surface area (Å²) in [5.41, 5.74) is 1.86. The molecule has 1 unspecified atom stereocenters. The second-order valence-corrected chi connectivity index (χ2v) is 5.80. The van der Waals surface area contributed by atoms with Crippen molar-refractivity contribution in [1.82, 2.24) is 4.90 Å². The van der Waals surface area contributed by atoms with E-state index >= 15 is 0 Å². The Labute approximate surface area is 121 Å². The first-order chi connectivity index (χ1) is 9.70. The van der Waals surface area contributed by atoms with E-state index < -0.39 is 0 Å². The average Bonchev–Trinajstić information content (AvgIpc) is 2.48. The van der Waals surface area contributed by atoms with Crippen LogP contribution in [-0.4, -0.2) is 42.0 Å². The highest BCUT2D eigenvalue weighted by Gasteiger charge is 2.19. The standard InChI is InChI=1S/C17H25NO2/c1-14(13-18-10-3-2-4-11-18)17(20)16-7-5-15(6-8-16)9-12-19/h5-8,14,19H,2-4,9-13H2,1H3. The van der Waals surface area contributed by atoms with E-state index in [-0.39, 0.29) is 18.3 Å². The van der Waals surface area contributed by atoms with Crippen molar-refractivity contribution in [2.75, 3.05) is 26.2 Å². The number of nitrogens with zero attached hydrogens (tertiary/aromatic N) is 1. The number of piperidine rings is 1. The topological polar surface area (TPSA) is 40.5 Å². The molecular weight excluding hydrogens is 250 g/mol. The number of carbonyl (C=O) groups is 1. The summed E-state index contributed by atoms with van der Waals surface area (Å²) >= 11 is 0. The predicted octanol–water partition coefficient (Wildman–Crippen LogP) is 2.53. The van der Waals surface area contributed by atoms with E-state index in [9.17, 15) is 4.79 Å². The molecule has 0 spiro atoms. The monoisotopic (exact) mass is 275 g/mol. The molecule has 20 heavy (non-hydrogen) atoms. The van der Waals surface area contributed by atoms with Crippen LogP contribution in [0.3, 0.4) is 0 Å². The Morgan fingerprint density at radius 3 is 2.45 bits per heavy atom. The van der Waals surface area contributed by atoms with E-state index in [4.69, 9.17) is 5.11 Å². The third-order valence-corrected chi connectivity index (χ3v) is 4.07. The molecule has 0 aliphatic carbocycles. The lowest BCUT2D eigenvalue weighted by Crippen LogP contribution is -2.35. The summed E-state index contributed by atoms with van der Waals surface area (Å²) in [4.78, 5) is 14.8. The molecule has 0 saturated carbocycles. The Kier molecular flexibility index (Phi) is 5.74. The molecule has 1 aliphatic heterocycles. The molecular formula is C17H25NO2. The zero-order valence-corrected chi connectivity index (χ0v) is 12.3. The summed E-state index contributed by atoms with van der Waals surface area (Å²) in [5.74, 6) is 0.280. The maximum atomic E-state index is 12.4. The van der Waals surface area contributed by atoms with Gasteiger partial charge in [0.1, 0.15) is 0 Å². The number of hydrogen-bond acceptors (Lipinski definition) is 3. The summed E-state index contributed by atoms with van der Waals surface area (Å²) in [5, 5.41) is 8.90. The first-order valence-electron chi connectivity index (χ1n) is 7.67. The lowest BCUT2D eigenvalue weighted by atomic mass is 9.96. The minimum Gasteiger partial charge on any atom is -0.396 e. The lowest BCUT2D eigenvalue weighted by Gasteiger charge is -2.28. The molecule has 2 rings (SSSR count). The number of rotatable bonds is 6. The summed E-state index contributed by atoms with van der Waals surface area (Å²) in [6.45, 7) is 5.31. The van der Waals surface area contributed by atoms with Crippen LogP contribution in [0.15, 0.2) is 24.3 Å². The van der Waals surface area contributed by atoms with Crippen LogP contribution in [0.4, 0.5) is 0 Å². The quantitative estimate of drug-likeness (QED) is 0.811. The van der Waals surface area contributed by atoms with Gasteiger partial charge in [0.2, 0.25) is 0 Å². The van der Waals surface area contributed by atoms with Crippen molar-refractivity contribution >= 4 is 5.78 Å². The van der Waals surface area contributed by atoms with Crippen molar-refractivity contribution < 1.29 is 9.90 Å². The lowest BCUT2D eigenvalue weighted by molar-refractivity contribution is 0.0883. The van der Waals surface area contributed by atoms with Gasteiger partial charge < -0.3 is 10.0 Å². The maximum Gasteiger partial charge on any atom is 0.166 e. The summed E-state index contributed by atoms with van der Waals surface area (Å²) in [7, 11) is 0. The van der Waals surface area contributed by atoms with Gasteiger partial charge in [0.25, 0.3) is 0 Å². The first kappa shape index (κ1) is 15.2. The van der Waals surface area contributed by atoms with Crippen molar-refractivity contribution in [2.24, 2.45) is 5.92 Å². The molecule has 1 aromatic carbocycles. The highest BCUT2D eigenvalue weighted by atomic mass is 16.2. The number of hydrogen-bond donors (Lipinski definition) is 1. The molecule has 1 saturated heterocycles. The van der Waals surface area contributed by atoms with E-state index in [0.29, 0.717) is 6.42 Å². The Balaban J connectivity index is 1.91. The fourth-order valence-electron chi connectivity index (χ4n) is 2.86. The van der Waals surface area contributed by atoms with Crippen LogP contribution < -0.4 is 0 Å². The van der Waals surface area contributed by atoms with E-state index in [1.54, 1.807) is 0 Å². The van der Waals surface area contributed by atoms with Crippen molar-refractivity contribution in [3.63, 3.8) is 0 Å². The Bertz CT molecular complexity index is 421. The minimum absolute atomic E-state index is 0.0526. The third-order valence-electron chi connectivity index (χ3n) is 4.07.